The zero-order valence-corrected chi connectivity index (χ0v) is 15.9. The first-order valence-electron chi connectivity index (χ1n) is 8.15. The minimum atomic E-state index is -4.49. The number of pyridine rings is 2. The molecule has 1 N–H and O–H groups in total. The number of hydrogen-bond acceptors (Lipinski definition) is 6. The molecule has 1 amide bonds. The molecule has 3 heterocycles. The Hall–Kier alpha value is -3.21. The molecule has 0 saturated carbocycles. The van der Waals surface area contributed by atoms with Crippen molar-refractivity contribution in [2.24, 2.45) is 0 Å². The van der Waals surface area contributed by atoms with E-state index in [4.69, 9.17) is 16.3 Å². The van der Waals surface area contributed by atoms with Gasteiger partial charge in [0.05, 0.1) is 12.1 Å². The van der Waals surface area contributed by atoms with Crippen molar-refractivity contribution in [2.75, 3.05) is 12.4 Å². The molecule has 3 aromatic rings. The Bertz CT molecular complexity index is 1040. The highest BCUT2D eigenvalue weighted by Gasteiger charge is 2.38. The molecule has 152 valence electrons. The Morgan fingerprint density at radius 1 is 1.34 bits per heavy atom. The second-order valence-electron chi connectivity index (χ2n) is 5.85. The van der Waals surface area contributed by atoms with Crippen LogP contribution < -0.4 is 10.1 Å². The van der Waals surface area contributed by atoms with Gasteiger partial charge in [0.1, 0.15) is 29.4 Å². The van der Waals surface area contributed by atoms with Gasteiger partial charge in [-0.15, -0.1) is 10.2 Å². The summed E-state index contributed by atoms with van der Waals surface area (Å²) in [4.78, 5) is 20.6. The molecule has 0 aliphatic carbocycles. The van der Waals surface area contributed by atoms with Crippen LogP contribution in [-0.4, -0.2) is 43.9 Å². The maximum Gasteiger partial charge on any atom is 0.408 e. The number of halogens is 4. The van der Waals surface area contributed by atoms with E-state index >= 15 is 0 Å². The second kappa shape index (κ2) is 8.03. The van der Waals surface area contributed by atoms with Crippen LogP contribution in [0.3, 0.4) is 0 Å². The summed E-state index contributed by atoms with van der Waals surface area (Å²) in [6, 6.07) is 3.96. The van der Waals surface area contributed by atoms with Crippen molar-refractivity contribution >= 4 is 23.3 Å². The highest BCUT2D eigenvalue weighted by molar-refractivity contribution is 6.31. The number of aromatic nitrogens is 5. The summed E-state index contributed by atoms with van der Waals surface area (Å²) in [7, 11) is 1.35. The maximum atomic E-state index is 13.1. The van der Waals surface area contributed by atoms with Crippen molar-refractivity contribution in [2.45, 2.75) is 19.1 Å². The third kappa shape index (κ3) is 4.45. The van der Waals surface area contributed by atoms with Crippen molar-refractivity contribution < 1.29 is 22.7 Å². The number of hydrogen-bond donors (Lipinski definition) is 1. The minimum Gasteiger partial charge on any atom is -0.480 e. The molecule has 1 atom stereocenters. The topological polar surface area (TPSA) is 94.8 Å². The summed E-state index contributed by atoms with van der Waals surface area (Å²) in [5.74, 6) is -0.551. The maximum absolute atomic E-state index is 13.1. The number of carbonyl (C=O) groups is 1. The van der Waals surface area contributed by atoms with Gasteiger partial charge in [0.25, 0.3) is 5.91 Å². The molecule has 0 fully saturated rings. The molecule has 8 nitrogen and oxygen atoms in total. The fourth-order valence-corrected chi connectivity index (χ4v) is 2.59. The van der Waals surface area contributed by atoms with E-state index in [9.17, 15) is 18.0 Å². The van der Waals surface area contributed by atoms with Crippen LogP contribution in [0, 0.1) is 0 Å². The van der Waals surface area contributed by atoms with E-state index in [1.54, 1.807) is 0 Å². The lowest BCUT2D eigenvalue weighted by Crippen LogP contribution is -2.24. The van der Waals surface area contributed by atoms with E-state index in [1.807, 2.05) is 0 Å². The lowest BCUT2D eigenvalue weighted by molar-refractivity contribution is -0.162. The van der Waals surface area contributed by atoms with Crippen LogP contribution in [0.5, 0.6) is 5.88 Å². The zero-order chi connectivity index (χ0) is 21.2. The van der Waals surface area contributed by atoms with Gasteiger partial charge < -0.3 is 14.6 Å². The molecule has 3 aromatic heterocycles. The van der Waals surface area contributed by atoms with Crippen molar-refractivity contribution in [1.82, 2.24) is 24.7 Å². The molecule has 0 aliphatic rings. The largest absolute Gasteiger partial charge is 0.480 e. The Morgan fingerprint density at radius 2 is 2.10 bits per heavy atom. The number of alkyl halides is 3. The van der Waals surface area contributed by atoms with Crippen LogP contribution in [-0.2, 0) is 0 Å². The smallest absolute Gasteiger partial charge is 0.408 e. The first-order chi connectivity index (χ1) is 13.7. The van der Waals surface area contributed by atoms with Crippen LogP contribution in [0.15, 0.2) is 36.8 Å². The summed E-state index contributed by atoms with van der Waals surface area (Å²) >= 11 is 5.87. The first kappa shape index (κ1) is 20.5. The Labute approximate surface area is 167 Å². The van der Waals surface area contributed by atoms with E-state index < -0.39 is 18.1 Å². The van der Waals surface area contributed by atoms with E-state index in [0.717, 1.165) is 17.8 Å². The number of methoxy groups -OCH3 is 1. The molecular formula is C17H14ClF3N6O2. The van der Waals surface area contributed by atoms with E-state index in [2.05, 4.69) is 25.5 Å². The molecular weight excluding hydrogens is 413 g/mol. The third-order valence-corrected chi connectivity index (χ3v) is 4.15. The minimum absolute atomic E-state index is 0.0572. The fraction of sp³-hybridized carbons (Fsp3) is 0.235. The summed E-state index contributed by atoms with van der Waals surface area (Å²) in [6.45, 7) is 0.983. The molecule has 3 rings (SSSR count). The molecule has 29 heavy (non-hydrogen) atoms. The predicted octanol–water partition coefficient (Wildman–Crippen LogP) is 3.77. The van der Waals surface area contributed by atoms with Crippen LogP contribution in [0.4, 0.5) is 19.0 Å². The Kier molecular flexibility index (Phi) is 5.69. The van der Waals surface area contributed by atoms with Crippen molar-refractivity contribution in [3.63, 3.8) is 0 Å². The Balaban J connectivity index is 1.90. The van der Waals surface area contributed by atoms with Gasteiger partial charge in [-0.2, -0.15) is 13.2 Å². The number of nitrogens with one attached hydrogen (secondary N) is 1. The number of amides is 1. The molecule has 0 bridgehead atoms. The third-order valence-electron chi connectivity index (χ3n) is 3.94. The SMILES string of the molecule is COc1ncc(Cl)cc1C(=O)Nc1cccc(-c2nncn2[C@@H](C)C(F)(F)F)n1. The van der Waals surface area contributed by atoms with Crippen LogP contribution >= 0.6 is 11.6 Å². The van der Waals surface area contributed by atoms with Gasteiger partial charge in [0, 0.05) is 6.20 Å². The predicted molar refractivity (Wildman–Crippen MR) is 97.8 cm³/mol. The van der Waals surface area contributed by atoms with E-state index in [0.29, 0.717) is 0 Å². The first-order valence-corrected chi connectivity index (χ1v) is 8.53. The average Bonchev–Trinajstić information content (AvgIpc) is 3.16. The molecule has 0 aromatic carbocycles. The highest BCUT2D eigenvalue weighted by Crippen LogP contribution is 2.32. The summed E-state index contributed by atoms with van der Waals surface area (Å²) in [5.41, 5.74) is 0.175. The number of carbonyl (C=O) groups excluding carboxylic acids is 1. The zero-order valence-electron chi connectivity index (χ0n) is 15.1. The molecule has 0 saturated heterocycles. The van der Waals surface area contributed by atoms with Gasteiger partial charge in [0.15, 0.2) is 5.82 Å². The van der Waals surface area contributed by atoms with Gasteiger partial charge in [-0.25, -0.2) is 9.97 Å². The van der Waals surface area contributed by atoms with E-state index in [1.165, 1.54) is 37.6 Å². The number of rotatable bonds is 5. The summed E-state index contributed by atoms with van der Waals surface area (Å²) < 4.78 is 45.1. The summed E-state index contributed by atoms with van der Waals surface area (Å²) in [6.07, 6.45) is -2.19. The number of anilines is 1. The fourth-order valence-electron chi connectivity index (χ4n) is 2.43. The lowest BCUT2D eigenvalue weighted by atomic mass is 10.2. The Morgan fingerprint density at radius 3 is 2.79 bits per heavy atom. The molecule has 0 radical (unpaired) electrons. The van der Waals surface area contributed by atoms with Gasteiger partial charge in [-0.05, 0) is 25.1 Å². The quantitative estimate of drug-likeness (QED) is 0.667. The van der Waals surface area contributed by atoms with Crippen LogP contribution in [0.2, 0.25) is 5.02 Å². The normalized spacial score (nSPS) is 12.5. The highest BCUT2D eigenvalue weighted by atomic mass is 35.5. The van der Waals surface area contributed by atoms with Gasteiger partial charge >= 0.3 is 6.18 Å². The summed E-state index contributed by atoms with van der Waals surface area (Å²) in [5, 5.41) is 10.0. The van der Waals surface area contributed by atoms with Gasteiger partial charge in [-0.1, -0.05) is 17.7 Å². The van der Waals surface area contributed by atoms with E-state index in [-0.39, 0.29) is 33.8 Å². The van der Waals surface area contributed by atoms with Crippen LogP contribution in [0.25, 0.3) is 11.5 Å². The van der Waals surface area contributed by atoms with Crippen molar-refractivity contribution in [3.05, 3.63) is 47.4 Å². The second-order valence-corrected chi connectivity index (χ2v) is 6.29. The number of nitrogens with zero attached hydrogens (tertiary/aromatic N) is 5. The average molecular weight is 427 g/mol. The lowest BCUT2D eigenvalue weighted by Gasteiger charge is -2.18. The standard InChI is InChI=1S/C17H14ClF3N6O2/c1-9(17(19,20)21)27-8-23-26-14(27)12-4-3-5-13(24-12)25-15(28)11-6-10(18)7-22-16(11)29-2/h3-9H,1-2H3,(H,24,25,28)/t9-/m0/s1. The number of ether oxygens (including phenoxy) is 1. The van der Waals surface area contributed by atoms with Gasteiger partial charge in [0.2, 0.25) is 5.88 Å². The molecule has 12 heteroatoms. The van der Waals surface area contributed by atoms with Gasteiger partial charge in [-0.3, -0.25) is 4.79 Å². The molecule has 0 spiro atoms. The van der Waals surface area contributed by atoms with Crippen molar-refractivity contribution in [3.8, 4) is 17.4 Å². The van der Waals surface area contributed by atoms with Crippen molar-refractivity contribution in [1.29, 1.82) is 0 Å². The molecule has 0 aliphatic heterocycles. The monoisotopic (exact) mass is 426 g/mol. The van der Waals surface area contributed by atoms with Crippen LogP contribution in [0.1, 0.15) is 23.3 Å². The molecule has 0 unspecified atom stereocenters.